The van der Waals surface area contributed by atoms with Gasteiger partial charge in [0.15, 0.2) is 0 Å². The van der Waals surface area contributed by atoms with Gasteiger partial charge in [-0.3, -0.25) is 0 Å². The molecule has 1 aliphatic carbocycles. The van der Waals surface area contributed by atoms with Gasteiger partial charge in [-0.25, -0.2) is 0 Å². The van der Waals surface area contributed by atoms with Crippen LogP contribution in [0.2, 0.25) is 5.02 Å². The molecular weight excluding hydrogens is 274 g/mol. The summed E-state index contributed by atoms with van der Waals surface area (Å²) in [6.45, 7) is 3.16. The minimum Gasteiger partial charge on any atom is -0.305 e. The molecule has 2 aromatic rings. The van der Waals surface area contributed by atoms with Crippen LogP contribution in [-0.2, 0) is 19.4 Å². The Morgan fingerprint density at radius 3 is 2.79 bits per heavy atom. The second-order valence-corrected chi connectivity index (χ2v) is 6.83. The molecule has 1 aromatic carbocycles. The van der Waals surface area contributed by atoms with Gasteiger partial charge in [-0.05, 0) is 55.5 Å². The normalized spacial score (nSPS) is 15.5. The van der Waals surface area contributed by atoms with E-state index in [-0.39, 0.29) is 0 Å². The van der Waals surface area contributed by atoms with E-state index in [1.54, 1.807) is 10.4 Å². The summed E-state index contributed by atoms with van der Waals surface area (Å²) in [6, 6.07) is 10.8. The second kappa shape index (κ2) is 5.66. The average molecular weight is 292 g/mol. The molecule has 0 saturated heterocycles. The smallest absolute Gasteiger partial charge is 0.0406 e. The van der Waals surface area contributed by atoms with Crippen LogP contribution in [0.3, 0.4) is 0 Å². The quantitative estimate of drug-likeness (QED) is 0.858. The number of halogens is 1. The van der Waals surface area contributed by atoms with E-state index in [2.05, 4.69) is 30.4 Å². The van der Waals surface area contributed by atoms with Crippen LogP contribution >= 0.6 is 22.9 Å². The molecule has 100 valence electrons. The van der Waals surface area contributed by atoms with Gasteiger partial charge in [-0.2, -0.15) is 0 Å². The fourth-order valence-electron chi connectivity index (χ4n) is 2.60. The number of hydrogen-bond donors (Lipinski definition) is 1. The third-order valence-electron chi connectivity index (χ3n) is 3.75. The zero-order chi connectivity index (χ0) is 13.2. The van der Waals surface area contributed by atoms with Gasteiger partial charge in [0.25, 0.3) is 0 Å². The van der Waals surface area contributed by atoms with Gasteiger partial charge in [-0.15, -0.1) is 11.3 Å². The lowest BCUT2D eigenvalue weighted by Gasteiger charge is -2.13. The van der Waals surface area contributed by atoms with Gasteiger partial charge < -0.3 is 5.32 Å². The van der Waals surface area contributed by atoms with Crippen LogP contribution in [0, 0.1) is 0 Å². The minimum absolute atomic E-state index is 0.356. The lowest BCUT2D eigenvalue weighted by molar-refractivity contribution is 0.579. The first kappa shape index (κ1) is 13.2. The van der Waals surface area contributed by atoms with Crippen LogP contribution in [0.1, 0.15) is 40.3 Å². The van der Waals surface area contributed by atoms with Crippen LogP contribution in [0.25, 0.3) is 0 Å². The molecule has 1 atom stereocenters. The fraction of sp³-hybridized carbons (Fsp3) is 0.375. The van der Waals surface area contributed by atoms with E-state index in [9.17, 15) is 0 Å². The van der Waals surface area contributed by atoms with Crippen molar-refractivity contribution in [2.24, 2.45) is 0 Å². The van der Waals surface area contributed by atoms with Gasteiger partial charge >= 0.3 is 0 Å². The van der Waals surface area contributed by atoms with Crippen molar-refractivity contribution in [1.82, 2.24) is 5.32 Å². The minimum atomic E-state index is 0.356. The number of fused-ring (bicyclic) bond motifs is 1. The molecule has 0 bridgehead atoms. The molecule has 0 aliphatic heterocycles. The predicted molar refractivity (Wildman–Crippen MR) is 83.1 cm³/mol. The van der Waals surface area contributed by atoms with E-state index in [4.69, 9.17) is 11.6 Å². The van der Waals surface area contributed by atoms with Crippen molar-refractivity contribution in [3.05, 3.63) is 56.2 Å². The molecule has 0 saturated carbocycles. The van der Waals surface area contributed by atoms with Crippen LogP contribution < -0.4 is 5.32 Å². The van der Waals surface area contributed by atoms with Gasteiger partial charge in [0.2, 0.25) is 0 Å². The standard InChI is InChI=1S/C16H18ClNS/c1-11(12-5-7-14(17)8-6-12)18-10-15-9-13-3-2-4-16(13)19-15/h5-9,11,18H,2-4,10H2,1H3. The molecule has 1 aromatic heterocycles. The Labute approximate surface area is 123 Å². The van der Waals surface area contributed by atoms with Crippen LogP contribution in [-0.4, -0.2) is 0 Å². The summed E-state index contributed by atoms with van der Waals surface area (Å²) in [5.41, 5.74) is 2.87. The molecule has 1 nitrogen and oxygen atoms in total. The molecule has 3 heteroatoms. The summed E-state index contributed by atoms with van der Waals surface area (Å²) in [7, 11) is 0. The highest BCUT2D eigenvalue weighted by atomic mass is 35.5. The van der Waals surface area contributed by atoms with Crippen LogP contribution in [0.4, 0.5) is 0 Å². The maximum atomic E-state index is 5.91. The molecular formula is C16H18ClNS. The number of benzene rings is 1. The summed E-state index contributed by atoms with van der Waals surface area (Å²) >= 11 is 7.89. The largest absolute Gasteiger partial charge is 0.305 e. The highest BCUT2D eigenvalue weighted by Crippen LogP contribution is 2.30. The number of hydrogen-bond acceptors (Lipinski definition) is 2. The molecule has 0 fully saturated rings. The number of thiophene rings is 1. The maximum Gasteiger partial charge on any atom is 0.0406 e. The van der Waals surface area contributed by atoms with Gasteiger partial charge in [-0.1, -0.05) is 23.7 Å². The Bertz CT molecular complexity index is 537. The number of aryl methyl sites for hydroxylation is 2. The first-order valence-corrected chi connectivity index (χ1v) is 8.01. The Hall–Kier alpha value is -0.830. The van der Waals surface area contributed by atoms with Gasteiger partial charge in [0, 0.05) is 27.4 Å². The third-order valence-corrected chi connectivity index (χ3v) is 5.24. The van der Waals surface area contributed by atoms with Crippen molar-refractivity contribution in [1.29, 1.82) is 0 Å². The van der Waals surface area contributed by atoms with Crippen molar-refractivity contribution in [2.75, 3.05) is 0 Å². The first-order chi connectivity index (χ1) is 9.22. The lowest BCUT2D eigenvalue weighted by Crippen LogP contribution is -2.17. The summed E-state index contributed by atoms with van der Waals surface area (Å²) in [5, 5.41) is 4.39. The number of rotatable bonds is 4. The number of nitrogens with one attached hydrogen (secondary N) is 1. The molecule has 0 radical (unpaired) electrons. The molecule has 1 N–H and O–H groups in total. The third kappa shape index (κ3) is 3.02. The fourth-order valence-corrected chi connectivity index (χ4v) is 3.94. The SMILES string of the molecule is CC(NCc1cc2c(s1)CCC2)c1ccc(Cl)cc1. The van der Waals surface area contributed by atoms with Crippen molar-refractivity contribution >= 4 is 22.9 Å². The molecule has 19 heavy (non-hydrogen) atoms. The van der Waals surface area contributed by atoms with Crippen LogP contribution in [0.15, 0.2) is 30.3 Å². The summed E-state index contributed by atoms with van der Waals surface area (Å²) in [4.78, 5) is 3.07. The maximum absolute atomic E-state index is 5.91. The molecule has 1 aliphatic rings. The summed E-state index contributed by atoms with van der Waals surface area (Å²) in [6.07, 6.45) is 3.90. The molecule has 0 amide bonds. The predicted octanol–water partition coefficient (Wildman–Crippen LogP) is 4.74. The Morgan fingerprint density at radius 2 is 2.05 bits per heavy atom. The second-order valence-electron chi connectivity index (χ2n) is 5.17. The van der Waals surface area contributed by atoms with E-state index in [1.165, 1.54) is 29.7 Å². The molecule has 1 heterocycles. The molecule has 3 rings (SSSR count). The van der Waals surface area contributed by atoms with E-state index >= 15 is 0 Å². The van der Waals surface area contributed by atoms with E-state index < -0.39 is 0 Å². The zero-order valence-electron chi connectivity index (χ0n) is 11.1. The summed E-state index contributed by atoms with van der Waals surface area (Å²) < 4.78 is 0. The first-order valence-electron chi connectivity index (χ1n) is 6.81. The molecule has 0 spiro atoms. The van der Waals surface area contributed by atoms with Gasteiger partial charge in [0.05, 0.1) is 0 Å². The Morgan fingerprint density at radius 1 is 1.26 bits per heavy atom. The average Bonchev–Trinajstić information content (AvgIpc) is 2.97. The van der Waals surface area contributed by atoms with Crippen molar-refractivity contribution in [3.63, 3.8) is 0 Å². The van der Waals surface area contributed by atoms with Crippen molar-refractivity contribution in [2.45, 2.75) is 38.8 Å². The van der Waals surface area contributed by atoms with Crippen molar-refractivity contribution in [3.8, 4) is 0 Å². The highest BCUT2D eigenvalue weighted by molar-refractivity contribution is 7.12. The van der Waals surface area contributed by atoms with Crippen molar-refractivity contribution < 1.29 is 0 Å². The van der Waals surface area contributed by atoms with E-state index in [1.807, 2.05) is 23.5 Å². The summed E-state index contributed by atoms with van der Waals surface area (Å²) in [5.74, 6) is 0. The zero-order valence-corrected chi connectivity index (χ0v) is 12.7. The van der Waals surface area contributed by atoms with Gasteiger partial charge in [0.1, 0.15) is 0 Å². The Kier molecular flexibility index (Phi) is 3.92. The van der Waals surface area contributed by atoms with Crippen LogP contribution in [0.5, 0.6) is 0 Å². The monoisotopic (exact) mass is 291 g/mol. The highest BCUT2D eigenvalue weighted by Gasteiger charge is 2.15. The van der Waals surface area contributed by atoms with E-state index in [0.717, 1.165) is 11.6 Å². The van der Waals surface area contributed by atoms with E-state index in [0.29, 0.717) is 6.04 Å². The topological polar surface area (TPSA) is 12.0 Å². The lowest BCUT2D eigenvalue weighted by atomic mass is 10.1. The Balaban J connectivity index is 1.60. The molecule has 1 unspecified atom stereocenters.